The Kier molecular flexibility index (Phi) is 8.02. The average molecular weight is 601 g/mol. The second-order valence-electron chi connectivity index (χ2n) is 10.4. The molecule has 42 heavy (non-hydrogen) atoms. The summed E-state index contributed by atoms with van der Waals surface area (Å²) in [7, 11) is -4.51. The van der Waals surface area contributed by atoms with Crippen LogP contribution in [-0.4, -0.2) is 66.8 Å². The van der Waals surface area contributed by atoms with Gasteiger partial charge in [0, 0.05) is 0 Å². The molecule has 2 fully saturated rings. The molecular weight excluding hydrogens is 567 g/mol. The summed E-state index contributed by atoms with van der Waals surface area (Å²) in [5, 5.41) is 39.5. The molecule has 1 saturated heterocycles. The number of hydrogen-bond donors (Lipinski definition) is 4. The predicted octanol–water partition coefficient (Wildman–Crippen LogP) is 2.28. The fourth-order valence-corrected chi connectivity index (χ4v) is 6.89. The summed E-state index contributed by atoms with van der Waals surface area (Å²) in [5.41, 5.74) is 2.22. The van der Waals surface area contributed by atoms with E-state index >= 15 is 0 Å². The summed E-state index contributed by atoms with van der Waals surface area (Å²) in [6.45, 7) is 5.60. The van der Waals surface area contributed by atoms with Crippen LogP contribution in [0.2, 0.25) is 0 Å². The number of anilines is 1. The van der Waals surface area contributed by atoms with Gasteiger partial charge in [0.15, 0.2) is 17.5 Å². The molecular formula is C27H33N6O8P. The molecule has 0 spiro atoms. The minimum atomic E-state index is -4.51. The van der Waals surface area contributed by atoms with E-state index in [1.165, 1.54) is 29.9 Å². The van der Waals surface area contributed by atoms with Gasteiger partial charge in [0.1, 0.15) is 41.9 Å². The van der Waals surface area contributed by atoms with Gasteiger partial charge in [-0.2, -0.15) is 15.4 Å². The highest BCUT2D eigenvalue weighted by molar-refractivity contribution is 7.52. The third kappa shape index (κ3) is 4.92. The number of carbonyl (C=O) groups excluding carboxylic acids is 1. The zero-order valence-corrected chi connectivity index (χ0v) is 24.2. The minimum absolute atomic E-state index is 0.131. The molecule has 1 aliphatic carbocycles. The Bertz CT molecular complexity index is 1540. The number of nitriles is 1. The highest BCUT2D eigenvalue weighted by atomic mass is 31.2. The number of fused-ring (bicyclic) bond motifs is 2. The van der Waals surface area contributed by atoms with Crippen LogP contribution in [-0.2, 0) is 23.4 Å². The quantitative estimate of drug-likeness (QED) is 0.174. The number of nitrogens with one attached hydrogen (secondary N) is 1. The summed E-state index contributed by atoms with van der Waals surface area (Å²) in [6.07, 6.45) is -1.67. The molecule has 1 aromatic carbocycles. The number of nitrogen functional groups attached to an aromatic ring is 1. The van der Waals surface area contributed by atoms with E-state index in [0.29, 0.717) is 11.2 Å². The minimum Gasteiger partial charge on any atom is -0.464 e. The van der Waals surface area contributed by atoms with Gasteiger partial charge in [0.25, 0.3) is 0 Å². The summed E-state index contributed by atoms with van der Waals surface area (Å²) >= 11 is 0. The molecule has 7 atom stereocenters. The Morgan fingerprint density at radius 2 is 2.00 bits per heavy atom. The molecule has 1 saturated carbocycles. The van der Waals surface area contributed by atoms with E-state index in [1.807, 2.05) is 19.9 Å². The maximum absolute atomic E-state index is 14.1. The van der Waals surface area contributed by atoms with Crippen molar-refractivity contribution in [2.45, 2.75) is 69.2 Å². The molecule has 15 heteroatoms. The van der Waals surface area contributed by atoms with Crippen molar-refractivity contribution in [2.24, 2.45) is 5.92 Å². The number of aromatic nitrogens is 3. The zero-order valence-electron chi connectivity index (χ0n) is 23.3. The summed E-state index contributed by atoms with van der Waals surface area (Å²) < 4.78 is 38.2. The standard InChI is InChI=1S/C27H33N6O8P/c1-4-17(5-2)13-38-24(35)16(3)32-42(37,40-18-9-7-6-8-10-18)41-25-26(14-28)27(25,36)22(34)21(39-26)19-11-12-20-23(29)30-15-31-33(19)20/h6-12,15-17,21-22,25,34,36H,4-5,13H2,1-3H3,(H,32,37)(H2,29,30,31)/t16-,21-,22-,25?,26+,27+,42?/m0/s1. The summed E-state index contributed by atoms with van der Waals surface area (Å²) in [4.78, 5) is 16.7. The van der Waals surface area contributed by atoms with Crippen molar-refractivity contribution >= 4 is 25.1 Å². The number of nitrogens with zero attached hydrogens (tertiary/aromatic N) is 4. The van der Waals surface area contributed by atoms with E-state index in [9.17, 15) is 24.8 Å². The van der Waals surface area contributed by atoms with Crippen molar-refractivity contribution in [3.05, 3.63) is 54.5 Å². The van der Waals surface area contributed by atoms with Crippen LogP contribution >= 0.6 is 7.75 Å². The topological polar surface area (TPSA) is 204 Å². The molecule has 3 heterocycles. The van der Waals surface area contributed by atoms with E-state index in [1.54, 1.807) is 30.3 Å². The van der Waals surface area contributed by atoms with Crippen LogP contribution in [0.3, 0.4) is 0 Å². The number of rotatable bonds is 12. The van der Waals surface area contributed by atoms with Gasteiger partial charge < -0.3 is 29.9 Å². The monoisotopic (exact) mass is 600 g/mol. The van der Waals surface area contributed by atoms with Crippen LogP contribution in [0.1, 0.15) is 45.4 Å². The lowest BCUT2D eigenvalue weighted by Gasteiger charge is -2.26. The summed E-state index contributed by atoms with van der Waals surface area (Å²) in [6, 6.07) is 11.9. The lowest BCUT2D eigenvalue weighted by atomic mass is 10.0. The Hall–Kier alpha value is -3.57. The van der Waals surface area contributed by atoms with Crippen molar-refractivity contribution in [2.75, 3.05) is 12.3 Å². The van der Waals surface area contributed by atoms with E-state index in [4.69, 9.17) is 24.3 Å². The number of benzene rings is 1. The maximum atomic E-state index is 14.1. The number of nitrogens with two attached hydrogens (primary N) is 1. The molecule has 0 amide bonds. The van der Waals surface area contributed by atoms with Gasteiger partial charge in [-0.15, -0.1) is 0 Å². The van der Waals surface area contributed by atoms with E-state index < -0.39 is 49.3 Å². The third-order valence-electron chi connectivity index (χ3n) is 7.83. The van der Waals surface area contributed by atoms with Gasteiger partial charge in [0.05, 0.1) is 12.3 Å². The Morgan fingerprint density at radius 3 is 2.64 bits per heavy atom. The van der Waals surface area contributed by atoms with Gasteiger partial charge in [0.2, 0.25) is 5.60 Å². The van der Waals surface area contributed by atoms with E-state index in [-0.39, 0.29) is 24.1 Å². The average Bonchev–Trinajstić information content (AvgIpc) is 3.23. The fraction of sp³-hybridized carbons (Fsp3) is 0.481. The number of ether oxygens (including phenoxy) is 2. The molecule has 2 unspecified atom stereocenters. The Morgan fingerprint density at radius 1 is 1.29 bits per heavy atom. The van der Waals surface area contributed by atoms with Crippen LogP contribution in [0.4, 0.5) is 5.82 Å². The predicted molar refractivity (Wildman–Crippen MR) is 148 cm³/mol. The largest absolute Gasteiger partial charge is 0.464 e. The second-order valence-corrected chi connectivity index (χ2v) is 12.1. The molecule has 1 aliphatic heterocycles. The molecule has 2 aromatic heterocycles. The van der Waals surface area contributed by atoms with Gasteiger partial charge >= 0.3 is 13.7 Å². The lowest BCUT2D eigenvalue weighted by molar-refractivity contribution is -0.146. The van der Waals surface area contributed by atoms with Gasteiger partial charge in [-0.3, -0.25) is 9.32 Å². The molecule has 5 N–H and O–H groups in total. The van der Waals surface area contributed by atoms with Crippen molar-refractivity contribution in [3.8, 4) is 11.8 Å². The van der Waals surface area contributed by atoms with Crippen LogP contribution in [0, 0.1) is 17.2 Å². The molecule has 5 rings (SSSR count). The van der Waals surface area contributed by atoms with Gasteiger partial charge in [-0.25, -0.2) is 14.1 Å². The smallest absolute Gasteiger partial charge is 0.459 e. The SMILES string of the molecule is CCC(CC)COC(=O)[C@H](C)NP(=O)(Oc1ccccc1)OC1[C@@]2(C#N)O[C@@H](c3ccc4c(N)ncnn34)[C@H](O)[C@@]12O. The van der Waals surface area contributed by atoms with Gasteiger partial charge in [-0.05, 0) is 37.1 Å². The molecule has 0 radical (unpaired) electrons. The van der Waals surface area contributed by atoms with Gasteiger partial charge in [-0.1, -0.05) is 44.9 Å². The van der Waals surface area contributed by atoms with Crippen LogP contribution in [0.25, 0.3) is 5.52 Å². The molecule has 224 valence electrons. The number of hydrogen-bond acceptors (Lipinski definition) is 12. The maximum Gasteiger partial charge on any atom is 0.459 e. The van der Waals surface area contributed by atoms with E-state index in [2.05, 4.69) is 15.2 Å². The second kappa shape index (κ2) is 11.3. The van der Waals surface area contributed by atoms with E-state index in [0.717, 1.165) is 12.8 Å². The highest BCUT2D eigenvalue weighted by Gasteiger charge is 2.90. The molecule has 2 aliphatic rings. The van der Waals surface area contributed by atoms with Crippen LogP contribution < -0.4 is 15.3 Å². The number of carbonyl (C=O) groups is 1. The molecule has 3 aromatic rings. The molecule has 14 nitrogen and oxygen atoms in total. The highest BCUT2D eigenvalue weighted by Crippen LogP contribution is 2.68. The van der Waals surface area contributed by atoms with Crippen molar-refractivity contribution in [1.82, 2.24) is 19.7 Å². The number of aliphatic hydroxyl groups is 2. The fourth-order valence-electron chi connectivity index (χ4n) is 5.16. The first kappa shape index (κ1) is 29.9. The Balaban J connectivity index is 1.38. The first-order valence-corrected chi connectivity index (χ1v) is 15.1. The lowest BCUT2D eigenvalue weighted by Crippen LogP contribution is -2.38. The summed E-state index contributed by atoms with van der Waals surface area (Å²) in [5.74, 6) is -0.204. The third-order valence-corrected chi connectivity index (χ3v) is 9.48. The normalized spacial score (nSPS) is 28.5. The first-order valence-electron chi connectivity index (χ1n) is 13.6. The first-order chi connectivity index (χ1) is 20.0. The molecule has 0 bridgehead atoms. The zero-order chi connectivity index (χ0) is 30.3. The van der Waals surface area contributed by atoms with Crippen LogP contribution in [0.5, 0.6) is 5.75 Å². The Labute approximate surface area is 241 Å². The van der Waals surface area contributed by atoms with Crippen molar-refractivity contribution < 1.29 is 38.1 Å². The number of esters is 1. The number of aliphatic hydroxyl groups excluding tert-OH is 1. The number of para-hydroxylation sites is 1. The van der Waals surface area contributed by atoms with Crippen molar-refractivity contribution in [3.63, 3.8) is 0 Å². The van der Waals surface area contributed by atoms with Crippen LogP contribution in [0.15, 0.2) is 48.8 Å². The van der Waals surface area contributed by atoms with Crippen molar-refractivity contribution in [1.29, 1.82) is 5.26 Å².